The zero-order valence-corrected chi connectivity index (χ0v) is 16.1. The summed E-state index contributed by atoms with van der Waals surface area (Å²) in [7, 11) is -3.13. The maximum atomic E-state index is 12.0. The Labute approximate surface area is 156 Å². The van der Waals surface area contributed by atoms with Crippen molar-refractivity contribution >= 4 is 44.3 Å². The van der Waals surface area contributed by atoms with Crippen LogP contribution in [0.25, 0.3) is 0 Å². The van der Waals surface area contributed by atoms with E-state index in [0.29, 0.717) is 5.17 Å². The highest BCUT2D eigenvalue weighted by Crippen LogP contribution is 2.41. The number of nitrogens with zero attached hydrogens (tertiary/aromatic N) is 2. The summed E-state index contributed by atoms with van der Waals surface area (Å²) in [4.78, 5) is 28.5. The number of amidine groups is 1. The molecule has 2 atom stereocenters. The second-order valence-electron chi connectivity index (χ2n) is 6.68. The number of aryl methyl sites for hydroxylation is 2. The number of sulfone groups is 1. The van der Waals surface area contributed by atoms with Crippen molar-refractivity contribution in [2.45, 2.75) is 38.0 Å². The fourth-order valence-electron chi connectivity index (χ4n) is 3.33. The van der Waals surface area contributed by atoms with Crippen molar-refractivity contribution in [1.82, 2.24) is 0 Å². The summed E-state index contributed by atoms with van der Waals surface area (Å²) in [5, 5.41) is 10.8. The second kappa shape index (κ2) is 7.03. The third kappa shape index (κ3) is 4.09. The van der Waals surface area contributed by atoms with Crippen LogP contribution >= 0.6 is 11.8 Å². The molecular formula is C17H19N2O5S2-. The molecule has 0 saturated carbocycles. The van der Waals surface area contributed by atoms with Crippen molar-refractivity contribution in [3.05, 3.63) is 29.3 Å². The van der Waals surface area contributed by atoms with Gasteiger partial charge in [-0.3, -0.25) is 4.79 Å². The summed E-state index contributed by atoms with van der Waals surface area (Å²) < 4.78 is 24.1. The third-order valence-corrected chi connectivity index (χ3v) is 7.52. The number of benzene rings is 1. The highest BCUT2D eigenvalue weighted by atomic mass is 32.2. The lowest BCUT2D eigenvalue weighted by Crippen LogP contribution is -2.37. The summed E-state index contributed by atoms with van der Waals surface area (Å²) in [6, 6.07) is 5.60. The van der Waals surface area contributed by atoms with Gasteiger partial charge in [0.05, 0.1) is 17.5 Å². The molecule has 7 nitrogen and oxygen atoms in total. The summed E-state index contributed by atoms with van der Waals surface area (Å²) in [5.41, 5.74) is 2.85. The van der Waals surface area contributed by atoms with Gasteiger partial charge in [-0.05, 0) is 43.5 Å². The molecule has 0 aromatic heterocycles. The van der Waals surface area contributed by atoms with E-state index in [0.717, 1.165) is 16.8 Å². The smallest absolute Gasteiger partial charge is 0.248 e. The van der Waals surface area contributed by atoms with Crippen LogP contribution in [-0.2, 0) is 19.4 Å². The number of carbonyl (C=O) groups excluding carboxylic acids is 2. The monoisotopic (exact) mass is 395 g/mol. The first-order valence-electron chi connectivity index (χ1n) is 8.20. The zero-order chi connectivity index (χ0) is 19.1. The van der Waals surface area contributed by atoms with Gasteiger partial charge in [0.1, 0.15) is 0 Å². The predicted molar refractivity (Wildman–Crippen MR) is 98.9 cm³/mol. The van der Waals surface area contributed by atoms with Crippen LogP contribution in [0.2, 0.25) is 0 Å². The molecule has 3 rings (SSSR count). The largest absolute Gasteiger partial charge is 0.550 e. The van der Waals surface area contributed by atoms with E-state index in [9.17, 15) is 23.1 Å². The quantitative estimate of drug-likeness (QED) is 0.728. The van der Waals surface area contributed by atoms with Crippen molar-refractivity contribution in [1.29, 1.82) is 0 Å². The lowest BCUT2D eigenvalue weighted by molar-refractivity contribution is -0.305. The summed E-state index contributed by atoms with van der Waals surface area (Å²) >= 11 is 1.27. The molecule has 2 aliphatic rings. The second-order valence-corrected chi connectivity index (χ2v) is 10.0. The summed E-state index contributed by atoms with van der Waals surface area (Å²) in [6.45, 7) is 3.90. The molecule has 0 N–H and O–H groups in total. The summed E-state index contributed by atoms with van der Waals surface area (Å²) in [5.74, 6) is -1.78. The van der Waals surface area contributed by atoms with Gasteiger partial charge >= 0.3 is 0 Å². The van der Waals surface area contributed by atoms with Crippen molar-refractivity contribution in [3.8, 4) is 0 Å². The first-order chi connectivity index (χ1) is 12.1. The molecule has 0 unspecified atom stereocenters. The topological polar surface area (TPSA) is 107 Å². The number of fused-ring (bicyclic) bond motifs is 1. The molecule has 2 saturated heterocycles. The Morgan fingerprint density at radius 3 is 2.46 bits per heavy atom. The molecule has 9 heteroatoms. The van der Waals surface area contributed by atoms with Crippen LogP contribution < -0.4 is 10.0 Å². The van der Waals surface area contributed by atoms with Crippen LogP contribution in [0.4, 0.5) is 5.69 Å². The van der Waals surface area contributed by atoms with Crippen LogP contribution in [0.1, 0.15) is 24.0 Å². The molecule has 2 heterocycles. The van der Waals surface area contributed by atoms with Crippen LogP contribution in [0.5, 0.6) is 0 Å². The van der Waals surface area contributed by atoms with E-state index >= 15 is 0 Å². The standard InChI is InChI=1S/C17H20N2O5S2/c1-10-5-11(2)7-12(6-10)19-13-8-26(23,24)9-14(13)25-17(19)18-15(20)3-4-16(21)22/h5-7,13-14H,3-4,8-9H2,1-2H3,(H,21,22)/p-1/t13-,14+/m1/s1. The van der Waals surface area contributed by atoms with Crippen molar-refractivity contribution in [2.24, 2.45) is 4.99 Å². The maximum absolute atomic E-state index is 12.0. The molecule has 0 bridgehead atoms. The predicted octanol–water partition coefficient (Wildman–Crippen LogP) is 0.435. The van der Waals surface area contributed by atoms with Gasteiger partial charge in [0.2, 0.25) is 5.91 Å². The van der Waals surface area contributed by atoms with E-state index in [2.05, 4.69) is 4.99 Å². The average Bonchev–Trinajstić information content (AvgIpc) is 2.94. The molecule has 26 heavy (non-hydrogen) atoms. The fraction of sp³-hybridized carbons (Fsp3) is 0.471. The molecule has 0 radical (unpaired) electrons. The first-order valence-corrected chi connectivity index (χ1v) is 10.9. The minimum Gasteiger partial charge on any atom is -0.550 e. The average molecular weight is 395 g/mol. The molecule has 0 spiro atoms. The Balaban J connectivity index is 1.96. The van der Waals surface area contributed by atoms with Crippen molar-refractivity contribution in [2.75, 3.05) is 16.4 Å². The van der Waals surface area contributed by atoms with Gasteiger partial charge in [-0.1, -0.05) is 17.8 Å². The van der Waals surface area contributed by atoms with Gasteiger partial charge in [0.15, 0.2) is 15.0 Å². The van der Waals surface area contributed by atoms with E-state index in [1.54, 1.807) is 0 Å². The number of amides is 1. The van der Waals surface area contributed by atoms with Gasteiger partial charge in [-0.2, -0.15) is 4.99 Å². The van der Waals surface area contributed by atoms with E-state index in [-0.39, 0.29) is 35.6 Å². The highest BCUT2D eigenvalue weighted by molar-refractivity contribution is 8.16. The van der Waals surface area contributed by atoms with Crippen LogP contribution in [0, 0.1) is 13.8 Å². The molecule has 140 valence electrons. The molecule has 2 aliphatic heterocycles. The Hall–Kier alpha value is -1.87. The van der Waals surface area contributed by atoms with E-state index in [4.69, 9.17) is 0 Å². The highest BCUT2D eigenvalue weighted by Gasteiger charge is 2.49. The van der Waals surface area contributed by atoms with Crippen molar-refractivity contribution < 1.29 is 23.1 Å². The number of carboxylic acids is 1. The molecular weight excluding hydrogens is 376 g/mol. The normalized spacial score (nSPS) is 25.5. The van der Waals surface area contributed by atoms with Gasteiger partial charge in [0, 0.05) is 23.3 Å². The molecule has 0 aliphatic carbocycles. The van der Waals surface area contributed by atoms with Gasteiger partial charge in [-0.25, -0.2) is 8.42 Å². The minimum absolute atomic E-state index is 0.0178. The SMILES string of the molecule is Cc1cc(C)cc(N2C(=NC(=O)CCC(=O)[O-])S[C@H]3CS(=O)(=O)C[C@H]32)c1. The number of anilines is 1. The molecule has 2 fully saturated rings. The van der Waals surface area contributed by atoms with E-state index in [1.807, 2.05) is 36.9 Å². The Kier molecular flexibility index (Phi) is 5.12. The molecule has 1 aromatic carbocycles. The van der Waals surface area contributed by atoms with Gasteiger partial charge in [0.25, 0.3) is 0 Å². The summed E-state index contributed by atoms with van der Waals surface area (Å²) in [6.07, 6.45) is -0.619. The van der Waals surface area contributed by atoms with Crippen LogP contribution in [0.3, 0.4) is 0 Å². The molecule has 1 aromatic rings. The number of hydrogen-bond acceptors (Lipinski definition) is 6. The lowest BCUT2D eigenvalue weighted by atomic mass is 10.1. The number of aliphatic imine (C=N–C) groups is 1. The van der Waals surface area contributed by atoms with Gasteiger partial charge in [-0.15, -0.1) is 0 Å². The minimum atomic E-state index is -3.13. The number of thioether (sulfide) groups is 1. The van der Waals surface area contributed by atoms with Crippen molar-refractivity contribution in [3.63, 3.8) is 0 Å². The Morgan fingerprint density at radius 1 is 1.19 bits per heavy atom. The van der Waals surface area contributed by atoms with E-state index in [1.165, 1.54) is 11.8 Å². The number of aliphatic carboxylic acids is 1. The number of rotatable bonds is 4. The van der Waals surface area contributed by atoms with Crippen LogP contribution in [0.15, 0.2) is 23.2 Å². The molecule has 1 amide bonds. The Bertz CT molecular complexity index is 874. The first kappa shape index (κ1) is 18.9. The van der Waals surface area contributed by atoms with E-state index < -0.39 is 21.7 Å². The maximum Gasteiger partial charge on any atom is 0.248 e. The van der Waals surface area contributed by atoms with Gasteiger partial charge < -0.3 is 14.8 Å². The third-order valence-electron chi connectivity index (χ3n) is 4.31. The number of carboxylic acid groups (broad SMARTS) is 1. The number of carbonyl (C=O) groups is 2. The fourth-order valence-corrected chi connectivity index (χ4v) is 7.26. The number of hydrogen-bond donors (Lipinski definition) is 0. The zero-order valence-electron chi connectivity index (χ0n) is 14.5. The lowest BCUT2D eigenvalue weighted by Gasteiger charge is -2.25. The Morgan fingerprint density at radius 2 is 1.85 bits per heavy atom. The van der Waals surface area contributed by atoms with Crippen LogP contribution in [-0.4, -0.2) is 48.3 Å².